The molecular formula is C24H22FNO4. The smallest absolute Gasteiger partial charge is 0.258 e. The van der Waals surface area contributed by atoms with Gasteiger partial charge in [0.25, 0.3) is 5.91 Å². The van der Waals surface area contributed by atoms with Crippen molar-refractivity contribution in [1.82, 2.24) is 0 Å². The summed E-state index contributed by atoms with van der Waals surface area (Å²) in [4.78, 5) is 13.9. The van der Waals surface area contributed by atoms with Crippen molar-refractivity contribution in [2.75, 3.05) is 11.6 Å². The number of carbonyl (C=O) groups is 1. The second-order valence-electron chi connectivity index (χ2n) is 7.34. The minimum Gasteiger partial charge on any atom is -0.455 e. The molecule has 5 nitrogen and oxygen atoms in total. The first-order chi connectivity index (χ1) is 14.5. The first-order valence-electron chi connectivity index (χ1n) is 9.65. The van der Waals surface area contributed by atoms with Crippen LogP contribution in [0.15, 0.2) is 72.8 Å². The van der Waals surface area contributed by atoms with E-state index in [9.17, 15) is 9.18 Å². The molecule has 154 valence electrons. The summed E-state index contributed by atoms with van der Waals surface area (Å²) < 4.78 is 31.2. The van der Waals surface area contributed by atoms with Gasteiger partial charge in [-0.25, -0.2) is 4.39 Å². The van der Waals surface area contributed by atoms with E-state index in [1.165, 1.54) is 4.90 Å². The molecule has 0 N–H and O–H groups in total. The molecule has 1 heterocycles. The van der Waals surface area contributed by atoms with Crippen LogP contribution < -0.4 is 19.1 Å². The largest absolute Gasteiger partial charge is 0.455 e. The van der Waals surface area contributed by atoms with Gasteiger partial charge in [-0.1, -0.05) is 42.5 Å². The first-order valence-corrected chi connectivity index (χ1v) is 9.65. The van der Waals surface area contributed by atoms with Crippen LogP contribution in [-0.2, 0) is 11.3 Å². The molecule has 1 aliphatic rings. The Balaban J connectivity index is 1.70. The standard InChI is InChI=1S/C24H22FNO4/c1-24(2)29-21-14-8-9-17(23(21)30-24)16-26(22(27)15-25)19-12-6-7-13-20(19)28-18-10-4-3-5-11-18/h3-14H,15-16H2,1-2H3. The van der Waals surface area contributed by atoms with Gasteiger partial charge in [0.2, 0.25) is 5.79 Å². The Hall–Kier alpha value is -3.54. The number of hydrogen-bond acceptors (Lipinski definition) is 4. The summed E-state index contributed by atoms with van der Waals surface area (Å²) in [7, 11) is 0. The predicted octanol–water partition coefficient (Wildman–Crippen LogP) is 5.49. The number of halogens is 1. The fourth-order valence-corrected chi connectivity index (χ4v) is 3.35. The zero-order valence-electron chi connectivity index (χ0n) is 16.8. The molecule has 0 bridgehead atoms. The van der Waals surface area contributed by atoms with Crippen molar-refractivity contribution < 1.29 is 23.4 Å². The number of nitrogens with zero attached hydrogens (tertiary/aromatic N) is 1. The lowest BCUT2D eigenvalue weighted by Crippen LogP contribution is -2.32. The number of ether oxygens (including phenoxy) is 3. The molecular weight excluding hydrogens is 385 g/mol. The third-order valence-electron chi connectivity index (χ3n) is 4.63. The quantitative estimate of drug-likeness (QED) is 0.542. The normalized spacial score (nSPS) is 13.7. The van der Waals surface area contributed by atoms with E-state index < -0.39 is 18.4 Å². The molecule has 0 aromatic heterocycles. The van der Waals surface area contributed by atoms with Crippen molar-refractivity contribution >= 4 is 11.6 Å². The number of hydrogen-bond donors (Lipinski definition) is 0. The van der Waals surface area contributed by atoms with Crippen molar-refractivity contribution in [2.45, 2.75) is 26.2 Å². The Morgan fingerprint density at radius 3 is 2.47 bits per heavy atom. The number of amides is 1. The zero-order valence-corrected chi connectivity index (χ0v) is 16.8. The van der Waals surface area contributed by atoms with Crippen molar-refractivity contribution in [3.05, 3.63) is 78.4 Å². The molecule has 4 rings (SSSR count). The number of para-hydroxylation sites is 4. The average molecular weight is 407 g/mol. The first kappa shape index (κ1) is 19.8. The summed E-state index contributed by atoms with van der Waals surface area (Å²) in [5.41, 5.74) is 1.19. The lowest BCUT2D eigenvalue weighted by molar-refractivity contribution is -0.119. The molecule has 0 spiro atoms. The molecule has 0 saturated carbocycles. The Morgan fingerprint density at radius 1 is 0.967 bits per heavy atom. The van der Waals surface area contributed by atoms with Crippen LogP contribution in [0.3, 0.4) is 0 Å². The van der Waals surface area contributed by atoms with Gasteiger partial charge in [0, 0.05) is 19.4 Å². The maximum Gasteiger partial charge on any atom is 0.258 e. The van der Waals surface area contributed by atoms with Crippen LogP contribution >= 0.6 is 0 Å². The number of carbonyl (C=O) groups excluding carboxylic acids is 1. The maximum absolute atomic E-state index is 13.5. The molecule has 1 amide bonds. The summed E-state index contributed by atoms with van der Waals surface area (Å²) in [6, 6.07) is 21.8. The van der Waals surface area contributed by atoms with Gasteiger partial charge in [0.05, 0.1) is 12.2 Å². The Morgan fingerprint density at radius 2 is 1.70 bits per heavy atom. The molecule has 6 heteroatoms. The van der Waals surface area contributed by atoms with E-state index in [1.807, 2.05) is 56.3 Å². The maximum atomic E-state index is 13.5. The fraction of sp³-hybridized carbons (Fsp3) is 0.208. The van der Waals surface area contributed by atoms with Gasteiger partial charge in [-0.15, -0.1) is 0 Å². The Bertz CT molecular complexity index is 1050. The molecule has 0 atom stereocenters. The molecule has 3 aromatic carbocycles. The van der Waals surface area contributed by atoms with Crippen LogP contribution in [0.4, 0.5) is 10.1 Å². The number of benzene rings is 3. The van der Waals surface area contributed by atoms with Gasteiger partial charge in [-0.3, -0.25) is 4.79 Å². The second kappa shape index (κ2) is 8.06. The van der Waals surface area contributed by atoms with Crippen molar-refractivity contribution in [2.24, 2.45) is 0 Å². The van der Waals surface area contributed by atoms with E-state index in [1.54, 1.807) is 30.3 Å². The van der Waals surface area contributed by atoms with Gasteiger partial charge in [0.1, 0.15) is 5.75 Å². The highest BCUT2D eigenvalue weighted by atomic mass is 19.1. The summed E-state index contributed by atoms with van der Waals surface area (Å²) in [5, 5.41) is 0. The van der Waals surface area contributed by atoms with E-state index in [0.29, 0.717) is 28.7 Å². The third kappa shape index (κ3) is 4.08. The number of rotatable bonds is 6. The summed E-state index contributed by atoms with van der Waals surface area (Å²) in [5.74, 6) is 0.753. The van der Waals surface area contributed by atoms with E-state index in [0.717, 1.165) is 5.56 Å². The number of anilines is 1. The monoisotopic (exact) mass is 407 g/mol. The summed E-state index contributed by atoms with van der Waals surface area (Å²) in [6.45, 7) is 2.60. The van der Waals surface area contributed by atoms with Crippen molar-refractivity contribution in [1.29, 1.82) is 0 Å². The van der Waals surface area contributed by atoms with Crippen LogP contribution in [-0.4, -0.2) is 18.4 Å². The zero-order chi connectivity index (χ0) is 21.1. The van der Waals surface area contributed by atoms with Gasteiger partial charge >= 0.3 is 0 Å². The van der Waals surface area contributed by atoms with Gasteiger partial charge in [0.15, 0.2) is 23.9 Å². The highest BCUT2D eigenvalue weighted by Crippen LogP contribution is 2.43. The minimum absolute atomic E-state index is 0.112. The van der Waals surface area contributed by atoms with Crippen LogP contribution in [0.2, 0.25) is 0 Å². The third-order valence-corrected chi connectivity index (χ3v) is 4.63. The van der Waals surface area contributed by atoms with Crippen LogP contribution in [0.5, 0.6) is 23.0 Å². The lowest BCUT2D eigenvalue weighted by atomic mass is 10.1. The van der Waals surface area contributed by atoms with E-state index in [2.05, 4.69) is 0 Å². The Kier molecular flexibility index (Phi) is 5.31. The van der Waals surface area contributed by atoms with Crippen LogP contribution in [0.1, 0.15) is 19.4 Å². The molecule has 0 saturated heterocycles. The van der Waals surface area contributed by atoms with Gasteiger partial charge < -0.3 is 19.1 Å². The molecule has 0 unspecified atom stereocenters. The topological polar surface area (TPSA) is 48.0 Å². The molecule has 0 radical (unpaired) electrons. The molecule has 3 aromatic rings. The highest BCUT2D eigenvalue weighted by Gasteiger charge is 2.34. The van der Waals surface area contributed by atoms with E-state index in [-0.39, 0.29) is 6.54 Å². The second-order valence-corrected chi connectivity index (χ2v) is 7.34. The predicted molar refractivity (Wildman–Crippen MR) is 112 cm³/mol. The van der Waals surface area contributed by atoms with Crippen LogP contribution in [0.25, 0.3) is 0 Å². The van der Waals surface area contributed by atoms with Gasteiger partial charge in [-0.2, -0.15) is 0 Å². The summed E-state index contributed by atoms with van der Waals surface area (Å²) >= 11 is 0. The average Bonchev–Trinajstić information content (AvgIpc) is 3.07. The molecule has 1 aliphatic heterocycles. The summed E-state index contributed by atoms with van der Waals surface area (Å²) in [6.07, 6.45) is 0. The SMILES string of the molecule is CC1(C)Oc2cccc(CN(C(=O)CF)c3ccccc3Oc3ccccc3)c2O1. The minimum atomic E-state index is -1.13. The van der Waals surface area contributed by atoms with Crippen LogP contribution in [0, 0.1) is 0 Å². The molecule has 0 aliphatic carbocycles. The molecule has 0 fully saturated rings. The Labute approximate surface area is 174 Å². The van der Waals surface area contributed by atoms with E-state index >= 15 is 0 Å². The number of alkyl halides is 1. The fourth-order valence-electron chi connectivity index (χ4n) is 3.35. The van der Waals surface area contributed by atoms with Crippen molar-refractivity contribution in [3.63, 3.8) is 0 Å². The lowest BCUT2D eigenvalue weighted by Gasteiger charge is -2.25. The van der Waals surface area contributed by atoms with Crippen molar-refractivity contribution in [3.8, 4) is 23.0 Å². The highest BCUT2D eigenvalue weighted by molar-refractivity contribution is 5.95. The number of fused-ring (bicyclic) bond motifs is 1. The molecule has 30 heavy (non-hydrogen) atoms. The van der Waals surface area contributed by atoms with Gasteiger partial charge in [-0.05, 0) is 30.3 Å². The van der Waals surface area contributed by atoms with E-state index in [4.69, 9.17) is 14.2 Å².